The van der Waals surface area contributed by atoms with Crippen LogP contribution < -0.4 is 5.32 Å². The molecule has 0 radical (unpaired) electrons. The predicted molar refractivity (Wildman–Crippen MR) is 159 cm³/mol. The van der Waals surface area contributed by atoms with E-state index >= 15 is 0 Å². The molecule has 0 bridgehead atoms. The third kappa shape index (κ3) is 6.73. The topological polar surface area (TPSA) is 59.8 Å². The fourth-order valence-corrected chi connectivity index (χ4v) is 5.48. The van der Waals surface area contributed by atoms with Crippen LogP contribution in [0.5, 0.6) is 0 Å². The number of nitrogens with zero attached hydrogens (tertiary/aromatic N) is 3. The lowest BCUT2D eigenvalue weighted by Gasteiger charge is -2.21. The molecule has 0 aliphatic heterocycles. The van der Waals surface area contributed by atoms with Gasteiger partial charge in [-0.15, -0.1) is 10.2 Å². The molecule has 4 aromatic carbocycles. The van der Waals surface area contributed by atoms with Gasteiger partial charge in [-0.05, 0) is 78.6 Å². The summed E-state index contributed by atoms with van der Waals surface area (Å²) in [5, 5.41) is 14.1. The van der Waals surface area contributed by atoms with Crippen LogP contribution in [0.15, 0.2) is 102 Å². The summed E-state index contributed by atoms with van der Waals surface area (Å²) in [6.45, 7) is 1.99. The molecule has 1 heterocycles. The molecule has 0 spiro atoms. The van der Waals surface area contributed by atoms with Crippen LogP contribution >= 0.6 is 35.0 Å². The number of carbonyl (C=O) groups is 1. The van der Waals surface area contributed by atoms with Crippen LogP contribution in [0.4, 0.5) is 4.39 Å². The first-order valence-electron chi connectivity index (χ1n) is 12.6. The highest BCUT2D eigenvalue weighted by molar-refractivity contribution is 7.98. The van der Waals surface area contributed by atoms with Crippen LogP contribution in [0, 0.1) is 12.7 Å². The molecule has 0 saturated carbocycles. The maximum atomic E-state index is 13.4. The van der Waals surface area contributed by atoms with Gasteiger partial charge in [-0.2, -0.15) is 0 Å². The van der Waals surface area contributed by atoms with Crippen molar-refractivity contribution < 1.29 is 9.18 Å². The van der Waals surface area contributed by atoms with Gasteiger partial charge in [-0.25, -0.2) is 4.39 Å². The standard InChI is InChI=1S/C31H25Cl2FN4OS/c1-20-7-12-25(33)18-28(20)38-29(36-37-31(38)40-19-22-8-15-26(34)16-9-22)27(17-21-5-3-2-4-6-21)35-30(39)23-10-13-24(32)14-11-23/h2-16,18,27H,17,19H2,1H3,(H,35,39). The van der Waals surface area contributed by atoms with Crippen LogP contribution in [-0.4, -0.2) is 20.7 Å². The van der Waals surface area contributed by atoms with Gasteiger partial charge in [0.15, 0.2) is 11.0 Å². The van der Waals surface area contributed by atoms with Gasteiger partial charge in [0.1, 0.15) is 5.82 Å². The van der Waals surface area contributed by atoms with Crippen molar-refractivity contribution in [2.75, 3.05) is 0 Å². The van der Waals surface area contributed by atoms with Gasteiger partial charge in [0.05, 0.1) is 11.7 Å². The monoisotopic (exact) mass is 590 g/mol. The molecular weight excluding hydrogens is 566 g/mol. The second-order valence-corrected chi connectivity index (χ2v) is 11.1. The quantitative estimate of drug-likeness (QED) is 0.176. The third-order valence-electron chi connectivity index (χ3n) is 6.36. The molecule has 5 aromatic rings. The fourth-order valence-electron chi connectivity index (χ4n) is 4.28. The number of thioether (sulfide) groups is 1. The first-order chi connectivity index (χ1) is 19.4. The van der Waals surface area contributed by atoms with Gasteiger partial charge in [0, 0.05) is 21.4 Å². The van der Waals surface area contributed by atoms with Crippen molar-refractivity contribution >= 4 is 40.9 Å². The van der Waals surface area contributed by atoms with E-state index in [1.165, 1.54) is 23.9 Å². The van der Waals surface area contributed by atoms with Crippen molar-refractivity contribution in [2.45, 2.75) is 30.3 Å². The van der Waals surface area contributed by atoms with Gasteiger partial charge in [-0.3, -0.25) is 9.36 Å². The average molecular weight is 592 g/mol. The predicted octanol–water partition coefficient (Wildman–Crippen LogP) is 8.03. The van der Waals surface area contributed by atoms with E-state index < -0.39 is 6.04 Å². The normalized spacial score (nSPS) is 11.8. The molecule has 0 aliphatic carbocycles. The van der Waals surface area contributed by atoms with Crippen LogP contribution in [0.3, 0.4) is 0 Å². The van der Waals surface area contributed by atoms with Crippen LogP contribution in [-0.2, 0) is 12.2 Å². The molecule has 1 atom stereocenters. The van der Waals surface area contributed by atoms with Crippen LogP contribution in [0.2, 0.25) is 10.0 Å². The smallest absolute Gasteiger partial charge is 0.251 e. The van der Waals surface area contributed by atoms with E-state index in [0.29, 0.717) is 38.8 Å². The van der Waals surface area contributed by atoms with Gasteiger partial charge >= 0.3 is 0 Å². The van der Waals surface area contributed by atoms with E-state index in [9.17, 15) is 9.18 Å². The largest absolute Gasteiger partial charge is 0.342 e. The molecule has 202 valence electrons. The minimum atomic E-state index is -0.517. The summed E-state index contributed by atoms with van der Waals surface area (Å²) in [5.41, 5.74) is 4.24. The molecule has 5 rings (SSSR count). The molecule has 1 amide bonds. The summed E-state index contributed by atoms with van der Waals surface area (Å²) in [6.07, 6.45) is 0.487. The highest BCUT2D eigenvalue weighted by atomic mass is 35.5. The summed E-state index contributed by atoms with van der Waals surface area (Å²) < 4.78 is 15.4. The highest BCUT2D eigenvalue weighted by Crippen LogP contribution is 2.31. The molecule has 0 fully saturated rings. The molecule has 40 heavy (non-hydrogen) atoms. The molecular formula is C31H25Cl2FN4OS. The number of aryl methyl sites for hydroxylation is 1. The second kappa shape index (κ2) is 12.7. The Bertz CT molecular complexity index is 1610. The Kier molecular flexibility index (Phi) is 8.85. The molecule has 0 saturated heterocycles. The highest BCUT2D eigenvalue weighted by Gasteiger charge is 2.26. The first kappa shape index (κ1) is 27.9. The fraction of sp³-hybridized carbons (Fsp3) is 0.129. The molecule has 1 aromatic heterocycles. The summed E-state index contributed by atoms with van der Waals surface area (Å²) in [4.78, 5) is 13.4. The summed E-state index contributed by atoms with van der Waals surface area (Å²) in [7, 11) is 0. The number of aromatic nitrogens is 3. The van der Waals surface area contributed by atoms with Crippen LogP contribution in [0.1, 0.15) is 38.9 Å². The first-order valence-corrected chi connectivity index (χ1v) is 14.3. The lowest BCUT2D eigenvalue weighted by atomic mass is 10.0. The van der Waals surface area contributed by atoms with Crippen molar-refractivity contribution in [1.29, 1.82) is 0 Å². The number of halogens is 3. The minimum Gasteiger partial charge on any atom is -0.342 e. The lowest BCUT2D eigenvalue weighted by Crippen LogP contribution is -2.32. The van der Waals surface area contributed by atoms with Crippen molar-refractivity contribution in [3.05, 3.63) is 141 Å². The van der Waals surface area contributed by atoms with E-state index in [0.717, 1.165) is 22.4 Å². The summed E-state index contributed by atoms with van der Waals surface area (Å²) in [6, 6.07) is 28.1. The molecule has 1 N–H and O–H groups in total. The molecule has 5 nitrogen and oxygen atoms in total. The minimum absolute atomic E-state index is 0.254. The number of rotatable bonds is 9. The van der Waals surface area contributed by atoms with E-state index in [1.54, 1.807) is 36.4 Å². The number of hydrogen-bond donors (Lipinski definition) is 1. The van der Waals surface area contributed by atoms with E-state index in [2.05, 4.69) is 15.5 Å². The summed E-state index contributed by atoms with van der Waals surface area (Å²) in [5.74, 6) is 0.584. The zero-order valence-electron chi connectivity index (χ0n) is 21.5. The average Bonchev–Trinajstić information content (AvgIpc) is 3.38. The molecule has 1 unspecified atom stereocenters. The second-order valence-electron chi connectivity index (χ2n) is 9.24. The van der Waals surface area contributed by atoms with E-state index in [4.69, 9.17) is 23.2 Å². The number of amides is 1. The molecule has 0 aliphatic rings. The van der Waals surface area contributed by atoms with Crippen LogP contribution in [0.25, 0.3) is 5.69 Å². The van der Waals surface area contributed by atoms with E-state index in [1.807, 2.05) is 60.0 Å². The Morgan fingerprint density at radius 3 is 2.33 bits per heavy atom. The van der Waals surface area contributed by atoms with E-state index in [-0.39, 0.29) is 11.7 Å². The maximum absolute atomic E-state index is 13.4. The van der Waals surface area contributed by atoms with Crippen molar-refractivity contribution in [2.24, 2.45) is 0 Å². The summed E-state index contributed by atoms with van der Waals surface area (Å²) >= 11 is 13.9. The maximum Gasteiger partial charge on any atom is 0.251 e. The van der Waals surface area contributed by atoms with Crippen molar-refractivity contribution in [3.63, 3.8) is 0 Å². The SMILES string of the molecule is Cc1ccc(Cl)cc1-n1c(SCc2ccc(F)cc2)nnc1C(Cc1ccccc1)NC(=O)c1ccc(Cl)cc1. The Labute approximate surface area is 246 Å². The zero-order valence-corrected chi connectivity index (χ0v) is 23.8. The lowest BCUT2D eigenvalue weighted by molar-refractivity contribution is 0.0934. The number of hydrogen-bond acceptors (Lipinski definition) is 4. The third-order valence-corrected chi connectivity index (χ3v) is 7.84. The number of benzene rings is 4. The van der Waals surface area contributed by atoms with Crippen molar-refractivity contribution in [1.82, 2.24) is 20.1 Å². The van der Waals surface area contributed by atoms with Gasteiger partial charge < -0.3 is 5.32 Å². The number of carbonyl (C=O) groups excluding carboxylic acids is 1. The van der Waals surface area contributed by atoms with Gasteiger partial charge in [-0.1, -0.05) is 83.5 Å². The molecule has 9 heteroatoms. The Morgan fingerprint density at radius 1 is 0.900 bits per heavy atom. The Morgan fingerprint density at radius 2 is 1.60 bits per heavy atom. The van der Waals surface area contributed by atoms with Gasteiger partial charge in [0.2, 0.25) is 0 Å². The van der Waals surface area contributed by atoms with Gasteiger partial charge in [0.25, 0.3) is 5.91 Å². The Hall–Kier alpha value is -3.65. The number of nitrogens with one attached hydrogen (secondary N) is 1. The zero-order chi connectivity index (χ0) is 28.1. The van der Waals surface area contributed by atoms with Crippen molar-refractivity contribution in [3.8, 4) is 5.69 Å². The Balaban J connectivity index is 1.56.